The van der Waals surface area contributed by atoms with Gasteiger partial charge in [0.25, 0.3) is 11.1 Å². The lowest BCUT2D eigenvalue weighted by Crippen LogP contribution is -2.22. The number of benzene rings is 2. The third-order valence-corrected chi connectivity index (χ3v) is 6.69. The van der Waals surface area contributed by atoms with Gasteiger partial charge in [-0.25, -0.2) is 9.97 Å². The number of hydrogen-bond donors (Lipinski definition) is 0. The van der Waals surface area contributed by atoms with Crippen molar-refractivity contribution >= 4 is 28.3 Å². The normalized spacial score (nSPS) is 11.4. The van der Waals surface area contributed by atoms with Gasteiger partial charge in [-0.2, -0.15) is 0 Å². The first-order chi connectivity index (χ1) is 15.9. The van der Waals surface area contributed by atoms with E-state index in [2.05, 4.69) is 4.98 Å². The molecule has 0 saturated heterocycles. The van der Waals surface area contributed by atoms with Crippen LogP contribution < -0.4 is 11.1 Å². The Morgan fingerprint density at radius 1 is 0.879 bits per heavy atom. The lowest BCUT2D eigenvalue weighted by molar-refractivity contribution is 0.817. The van der Waals surface area contributed by atoms with Crippen molar-refractivity contribution in [1.29, 1.82) is 0 Å². The lowest BCUT2D eigenvalue weighted by Gasteiger charge is -2.14. The van der Waals surface area contributed by atoms with Crippen molar-refractivity contribution in [2.75, 3.05) is 0 Å². The Morgan fingerprint density at radius 2 is 1.70 bits per heavy atom. The number of fused-ring (bicyclic) bond motifs is 2. The van der Waals surface area contributed by atoms with E-state index >= 15 is 0 Å². The van der Waals surface area contributed by atoms with Crippen LogP contribution in [0, 0.1) is 20.8 Å². The summed E-state index contributed by atoms with van der Waals surface area (Å²) in [7, 11) is 0. The molecule has 0 spiro atoms. The molecule has 3 heterocycles. The zero-order valence-corrected chi connectivity index (χ0v) is 19.4. The number of nitrogens with zero attached hydrogens (tertiary/aromatic N) is 4. The fourth-order valence-corrected chi connectivity index (χ4v) is 4.67. The van der Waals surface area contributed by atoms with Gasteiger partial charge in [-0.1, -0.05) is 30.0 Å². The van der Waals surface area contributed by atoms with E-state index in [1.165, 1.54) is 22.2 Å². The highest BCUT2D eigenvalue weighted by molar-refractivity contribution is 7.98. The molecule has 0 aliphatic rings. The standard InChI is InChI=1S/C26H22N4O2S/c1-16-10-11-29-23(12-16)27-19(14-24(29)31)15-33-26-28-22-7-5-4-6-21(22)25(32)30(26)20-9-8-17(2)18(3)13-20/h4-14H,15H2,1-3H3. The highest BCUT2D eigenvalue weighted by atomic mass is 32.2. The van der Waals surface area contributed by atoms with Crippen LogP contribution in [0.15, 0.2) is 81.6 Å². The van der Waals surface area contributed by atoms with Crippen LogP contribution in [0.25, 0.3) is 22.2 Å². The smallest absolute Gasteiger partial charge is 0.266 e. The predicted octanol–water partition coefficient (Wildman–Crippen LogP) is 4.61. The van der Waals surface area contributed by atoms with E-state index in [0.717, 1.165) is 22.4 Å². The van der Waals surface area contributed by atoms with Crippen molar-refractivity contribution in [3.63, 3.8) is 0 Å². The number of aromatic nitrogens is 4. The predicted molar refractivity (Wildman–Crippen MR) is 133 cm³/mol. The fourth-order valence-electron chi connectivity index (χ4n) is 3.77. The van der Waals surface area contributed by atoms with Crippen molar-refractivity contribution in [3.8, 4) is 5.69 Å². The van der Waals surface area contributed by atoms with Crippen LogP contribution in [0.4, 0.5) is 0 Å². The molecule has 0 radical (unpaired) electrons. The molecule has 0 aliphatic carbocycles. The molecular weight excluding hydrogens is 432 g/mol. The molecule has 7 heteroatoms. The summed E-state index contributed by atoms with van der Waals surface area (Å²) >= 11 is 1.40. The number of pyridine rings is 1. The van der Waals surface area contributed by atoms with Gasteiger partial charge in [0.1, 0.15) is 5.65 Å². The lowest BCUT2D eigenvalue weighted by atomic mass is 10.1. The molecule has 6 nitrogen and oxygen atoms in total. The van der Waals surface area contributed by atoms with E-state index < -0.39 is 0 Å². The third-order valence-electron chi connectivity index (χ3n) is 5.72. The fraction of sp³-hybridized carbons (Fsp3) is 0.154. The second-order valence-electron chi connectivity index (χ2n) is 8.13. The molecule has 164 valence electrons. The summed E-state index contributed by atoms with van der Waals surface area (Å²) in [4.78, 5) is 35.5. The average molecular weight is 455 g/mol. The van der Waals surface area contributed by atoms with E-state index in [4.69, 9.17) is 4.98 Å². The summed E-state index contributed by atoms with van der Waals surface area (Å²) in [5.74, 6) is 0.412. The zero-order chi connectivity index (χ0) is 23.1. The maximum absolute atomic E-state index is 13.5. The van der Waals surface area contributed by atoms with E-state index in [1.807, 2.05) is 69.3 Å². The molecule has 0 N–H and O–H groups in total. The molecule has 3 aromatic heterocycles. The van der Waals surface area contributed by atoms with Gasteiger partial charge >= 0.3 is 0 Å². The summed E-state index contributed by atoms with van der Waals surface area (Å²) in [6.07, 6.45) is 1.74. The molecule has 33 heavy (non-hydrogen) atoms. The minimum Gasteiger partial charge on any atom is -0.269 e. The van der Waals surface area contributed by atoms with Gasteiger partial charge in [0.15, 0.2) is 5.16 Å². The van der Waals surface area contributed by atoms with Crippen molar-refractivity contribution in [2.24, 2.45) is 0 Å². The minimum absolute atomic E-state index is 0.117. The van der Waals surface area contributed by atoms with Gasteiger partial charge in [-0.3, -0.25) is 18.6 Å². The molecule has 0 fully saturated rings. The van der Waals surface area contributed by atoms with E-state index in [1.54, 1.807) is 16.8 Å². The van der Waals surface area contributed by atoms with Crippen molar-refractivity contribution in [2.45, 2.75) is 31.7 Å². The van der Waals surface area contributed by atoms with Crippen LogP contribution in [-0.4, -0.2) is 18.9 Å². The van der Waals surface area contributed by atoms with Crippen LogP contribution >= 0.6 is 11.8 Å². The summed E-state index contributed by atoms with van der Waals surface area (Å²) in [5, 5.41) is 1.13. The molecule has 0 bridgehead atoms. The Balaban J connectivity index is 1.62. The Kier molecular flexibility index (Phi) is 5.34. The first kappa shape index (κ1) is 21.2. The molecule has 0 amide bonds. The van der Waals surface area contributed by atoms with Gasteiger partial charge in [-0.05, 0) is 73.9 Å². The molecular formula is C26H22N4O2S. The monoisotopic (exact) mass is 454 g/mol. The van der Waals surface area contributed by atoms with Gasteiger partial charge in [-0.15, -0.1) is 0 Å². The van der Waals surface area contributed by atoms with Crippen molar-refractivity contribution in [3.05, 3.63) is 110 Å². The van der Waals surface area contributed by atoms with Crippen molar-refractivity contribution < 1.29 is 0 Å². The number of aryl methyl sites for hydroxylation is 3. The SMILES string of the molecule is Cc1ccn2c(=O)cc(CSc3nc4ccccc4c(=O)n3-c3ccc(C)c(C)c3)nc2c1. The molecule has 0 aliphatic heterocycles. The quantitative estimate of drug-likeness (QED) is 0.293. The largest absolute Gasteiger partial charge is 0.269 e. The minimum atomic E-state index is -0.131. The molecule has 0 saturated carbocycles. The van der Waals surface area contributed by atoms with Crippen molar-refractivity contribution in [1.82, 2.24) is 18.9 Å². The molecule has 2 aromatic carbocycles. The average Bonchev–Trinajstić information content (AvgIpc) is 2.79. The van der Waals surface area contributed by atoms with Crippen LogP contribution in [0.2, 0.25) is 0 Å². The first-order valence-corrected chi connectivity index (χ1v) is 11.6. The topological polar surface area (TPSA) is 69.3 Å². The number of para-hydroxylation sites is 1. The van der Waals surface area contributed by atoms with Crippen LogP contribution in [0.5, 0.6) is 0 Å². The van der Waals surface area contributed by atoms with Gasteiger partial charge in [0, 0.05) is 18.0 Å². The van der Waals surface area contributed by atoms with Crippen LogP contribution in [0.1, 0.15) is 22.4 Å². The van der Waals surface area contributed by atoms with Crippen LogP contribution in [-0.2, 0) is 5.75 Å². The Hall–Kier alpha value is -3.71. The highest BCUT2D eigenvalue weighted by Gasteiger charge is 2.15. The highest BCUT2D eigenvalue weighted by Crippen LogP contribution is 2.25. The van der Waals surface area contributed by atoms with Crippen LogP contribution in [0.3, 0.4) is 0 Å². The molecule has 5 rings (SSSR count). The molecule has 5 aromatic rings. The third kappa shape index (κ3) is 3.96. The second-order valence-corrected chi connectivity index (χ2v) is 9.07. The Bertz CT molecular complexity index is 1650. The summed E-state index contributed by atoms with van der Waals surface area (Å²) < 4.78 is 3.18. The van der Waals surface area contributed by atoms with Gasteiger partial charge < -0.3 is 0 Å². The van der Waals surface area contributed by atoms with E-state index in [9.17, 15) is 9.59 Å². The van der Waals surface area contributed by atoms with Gasteiger partial charge in [0.2, 0.25) is 0 Å². The van der Waals surface area contributed by atoms with E-state index in [-0.39, 0.29) is 11.1 Å². The summed E-state index contributed by atoms with van der Waals surface area (Å²) in [5.41, 5.74) is 5.71. The molecule has 0 atom stereocenters. The second kappa shape index (κ2) is 8.33. The number of rotatable bonds is 4. The summed E-state index contributed by atoms with van der Waals surface area (Å²) in [6, 6.07) is 18.6. The number of hydrogen-bond acceptors (Lipinski definition) is 5. The summed E-state index contributed by atoms with van der Waals surface area (Å²) in [6.45, 7) is 6.04. The maximum atomic E-state index is 13.5. The first-order valence-electron chi connectivity index (χ1n) is 10.6. The molecule has 0 unspecified atom stereocenters. The Labute approximate surface area is 194 Å². The van der Waals surface area contributed by atoms with E-state index in [0.29, 0.717) is 33.2 Å². The zero-order valence-electron chi connectivity index (χ0n) is 18.6. The number of thioether (sulfide) groups is 1. The maximum Gasteiger partial charge on any atom is 0.266 e. The Morgan fingerprint density at radius 3 is 2.52 bits per heavy atom. The van der Waals surface area contributed by atoms with Gasteiger partial charge in [0.05, 0.1) is 22.3 Å².